The molecule has 1 heterocycles. The van der Waals surface area contributed by atoms with Crippen LogP contribution < -0.4 is 10.6 Å². The molecule has 1 aliphatic rings. The lowest BCUT2D eigenvalue weighted by atomic mass is 10.2. The van der Waals surface area contributed by atoms with Crippen LogP contribution in [0.3, 0.4) is 0 Å². The summed E-state index contributed by atoms with van der Waals surface area (Å²) < 4.78 is 30.0. The first kappa shape index (κ1) is 10.4. The van der Waals surface area contributed by atoms with Crippen molar-refractivity contribution in [3.8, 4) is 0 Å². The number of carbonyl (C=O) groups is 1. The molecule has 76 valence electrons. The summed E-state index contributed by atoms with van der Waals surface area (Å²) in [4.78, 5) is 11.0. The van der Waals surface area contributed by atoms with E-state index < -0.39 is 21.4 Å². The van der Waals surface area contributed by atoms with E-state index in [2.05, 4.69) is 10.6 Å². The smallest absolute Gasteiger partial charge is 0.269 e. The van der Waals surface area contributed by atoms with Crippen LogP contribution in [-0.2, 0) is 14.9 Å². The van der Waals surface area contributed by atoms with Crippen LogP contribution in [0, 0.1) is 0 Å². The van der Waals surface area contributed by atoms with Crippen LogP contribution in [0.25, 0.3) is 0 Å². The molecule has 6 nitrogen and oxygen atoms in total. The quantitative estimate of drug-likeness (QED) is 0.473. The van der Waals surface area contributed by atoms with Gasteiger partial charge in [-0.1, -0.05) is 0 Å². The lowest BCUT2D eigenvalue weighted by Gasteiger charge is -2.06. The van der Waals surface area contributed by atoms with Crippen molar-refractivity contribution in [2.24, 2.45) is 0 Å². The summed E-state index contributed by atoms with van der Waals surface area (Å²) >= 11 is 0. The van der Waals surface area contributed by atoms with Gasteiger partial charge in [-0.3, -0.25) is 9.35 Å². The minimum atomic E-state index is -4.02. The molecule has 2 atom stereocenters. The molecule has 0 aromatic rings. The van der Waals surface area contributed by atoms with E-state index in [1.807, 2.05) is 0 Å². The van der Waals surface area contributed by atoms with E-state index >= 15 is 0 Å². The molecule has 0 aromatic heterocycles. The Balaban J connectivity index is 2.60. The predicted octanol–water partition coefficient (Wildman–Crippen LogP) is -1.65. The van der Waals surface area contributed by atoms with Gasteiger partial charge in [0.1, 0.15) is 5.25 Å². The zero-order valence-corrected chi connectivity index (χ0v) is 7.97. The van der Waals surface area contributed by atoms with Gasteiger partial charge in [0.15, 0.2) is 0 Å². The van der Waals surface area contributed by atoms with E-state index in [0.29, 0.717) is 0 Å². The van der Waals surface area contributed by atoms with Crippen molar-refractivity contribution in [3.63, 3.8) is 0 Å². The first-order valence-corrected chi connectivity index (χ1v) is 5.36. The molecule has 1 amide bonds. The van der Waals surface area contributed by atoms with Crippen molar-refractivity contribution in [1.29, 1.82) is 0 Å². The van der Waals surface area contributed by atoms with Gasteiger partial charge in [-0.25, -0.2) is 0 Å². The van der Waals surface area contributed by atoms with Crippen LogP contribution in [0.4, 0.5) is 0 Å². The standard InChI is InChI=1S/C6H12N2O4S/c1-7-6(9)5-2-4(3-8-5)13(10,11)12/h4-5,8H,2-3H2,1H3,(H,7,9)(H,10,11,12)/t4-,5+/m1/s1. The average molecular weight is 208 g/mol. The Morgan fingerprint density at radius 1 is 1.62 bits per heavy atom. The maximum absolute atomic E-state index is 11.0. The van der Waals surface area contributed by atoms with E-state index in [1.54, 1.807) is 0 Å². The molecule has 1 fully saturated rings. The molecule has 13 heavy (non-hydrogen) atoms. The number of likely N-dealkylation sites (N-methyl/N-ethyl adjacent to an activating group) is 1. The Labute approximate surface area is 76.4 Å². The van der Waals surface area contributed by atoms with Gasteiger partial charge >= 0.3 is 0 Å². The van der Waals surface area contributed by atoms with Crippen molar-refractivity contribution in [3.05, 3.63) is 0 Å². The second-order valence-electron chi connectivity index (χ2n) is 2.95. The molecule has 0 saturated carbocycles. The summed E-state index contributed by atoms with van der Waals surface area (Å²) in [6.07, 6.45) is 0.124. The lowest BCUT2D eigenvalue weighted by Crippen LogP contribution is -2.38. The fraction of sp³-hybridized carbons (Fsp3) is 0.833. The Morgan fingerprint density at radius 2 is 2.23 bits per heavy atom. The lowest BCUT2D eigenvalue weighted by molar-refractivity contribution is -0.122. The van der Waals surface area contributed by atoms with Crippen LogP contribution >= 0.6 is 0 Å². The fourth-order valence-corrected chi connectivity index (χ4v) is 2.05. The Hall–Kier alpha value is -0.660. The molecular formula is C6H12N2O4S. The molecular weight excluding hydrogens is 196 g/mol. The van der Waals surface area contributed by atoms with Crippen molar-refractivity contribution >= 4 is 16.0 Å². The molecule has 0 aromatic carbocycles. The first-order chi connectivity index (χ1) is 5.95. The molecule has 7 heteroatoms. The highest BCUT2D eigenvalue weighted by atomic mass is 32.2. The largest absolute Gasteiger partial charge is 0.358 e. The van der Waals surface area contributed by atoms with Crippen LogP contribution in [0.1, 0.15) is 6.42 Å². The van der Waals surface area contributed by atoms with E-state index in [-0.39, 0.29) is 18.9 Å². The molecule has 1 aliphatic heterocycles. The molecule has 1 rings (SSSR count). The van der Waals surface area contributed by atoms with Gasteiger partial charge in [0.05, 0.1) is 6.04 Å². The maximum Gasteiger partial charge on any atom is 0.269 e. The first-order valence-electron chi connectivity index (χ1n) is 3.86. The Morgan fingerprint density at radius 3 is 2.62 bits per heavy atom. The monoisotopic (exact) mass is 208 g/mol. The summed E-state index contributed by atoms with van der Waals surface area (Å²) in [5.74, 6) is -0.258. The number of nitrogens with one attached hydrogen (secondary N) is 2. The SMILES string of the molecule is CNC(=O)[C@@H]1C[C@@H](S(=O)(=O)O)CN1. The molecule has 0 aliphatic carbocycles. The van der Waals surface area contributed by atoms with Crippen molar-refractivity contribution in [2.45, 2.75) is 17.7 Å². The number of carbonyl (C=O) groups excluding carboxylic acids is 1. The van der Waals surface area contributed by atoms with Crippen molar-refractivity contribution < 1.29 is 17.8 Å². The third kappa shape index (κ3) is 2.39. The Kier molecular flexibility index (Phi) is 2.89. The number of rotatable bonds is 2. The van der Waals surface area contributed by atoms with Crippen molar-refractivity contribution in [2.75, 3.05) is 13.6 Å². The number of hydrogen-bond donors (Lipinski definition) is 3. The highest BCUT2D eigenvalue weighted by molar-refractivity contribution is 7.86. The summed E-state index contributed by atoms with van der Waals surface area (Å²) in [5.41, 5.74) is 0. The molecule has 0 bridgehead atoms. The van der Waals surface area contributed by atoms with Gasteiger partial charge in [0, 0.05) is 13.6 Å². The predicted molar refractivity (Wildman–Crippen MR) is 45.8 cm³/mol. The zero-order valence-electron chi connectivity index (χ0n) is 7.15. The second kappa shape index (κ2) is 3.60. The topological polar surface area (TPSA) is 95.5 Å². The summed E-state index contributed by atoms with van der Waals surface area (Å²) in [6.45, 7) is 0.122. The third-order valence-electron chi connectivity index (χ3n) is 2.07. The van der Waals surface area contributed by atoms with Crippen LogP contribution in [0.2, 0.25) is 0 Å². The van der Waals surface area contributed by atoms with Crippen LogP contribution in [0.15, 0.2) is 0 Å². The van der Waals surface area contributed by atoms with Gasteiger partial charge < -0.3 is 10.6 Å². The second-order valence-corrected chi connectivity index (χ2v) is 4.64. The minimum absolute atomic E-state index is 0.122. The van der Waals surface area contributed by atoms with E-state index in [4.69, 9.17) is 4.55 Å². The van der Waals surface area contributed by atoms with Gasteiger partial charge in [0.25, 0.3) is 10.1 Å². The molecule has 3 N–H and O–H groups in total. The number of amides is 1. The molecule has 0 radical (unpaired) electrons. The summed E-state index contributed by atoms with van der Waals surface area (Å²) in [6, 6.07) is -0.517. The zero-order chi connectivity index (χ0) is 10.1. The highest BCUT2D eigenvalue weighted by Gasteiger charge is 2.35. The van der Waals surface area contributed by atoms with Crippen molar-refractivity contribution in [1.82, 2.24) is 10.6 Å². The van der Waals surface area contributed by atoms with E-state index in [0.717, 1.165) is 0 Å². The molecule has 0 unspecified atom stereocenters. The van der Waals surface area contributed by atoms with E-state index in [9.17, 15) is 13.2 Å². The summed E-state index contributed by atoms with van der Waals surface area (Å²) in [7, 11) is -2.54. The van der Waals surface area contributed by atoms with Gasteiger partial charge in [-0.15, -0.1) is 0 Å². The minimum Gasteiger partial charge on any atom is -0.358 e. The summed E-state index contributed by atoms with van der Waals surface area (Å²) in [5, 5.41) is 4.25. The number of hydrogen-bond acceptors (Lipinski definition) is 4. The Bertz CT molecular complexity index is 300. The van der Waals surface area contributed by atoms with Gasteiger partial charge in [0.2, 0.25) is 5.91 Å². The van der Waals surface area contributed by atoms with E-state index in [1.165, 1.54) is 7.05 Å². The normalized spacial score (nSPS) is 28.8. The molecule has 1 saturated heterocycles. The third-order valence-corrected chi connectivity index (χ3v) is 3.28. The maximum atomic E-state index is 11.0. The van der Waals surface area contributed by atoms with Gasteiger partial charge in [-0.2, -0.15) is 8.42 Å². The average Bonchev–Trinajstić information content (AvgIpc) is 2.50. The van der Waals surface area contributed by atoms with Gasteiger partial charge in [-0.05, 0) is 6.42 Å². The fourth-order valence-electron chi connectivity index (χ4n) is 1.30. The molecule has 0 spiro atoms. The van der Waals surface area contributed by atoms with Crippen LogP contribution in [-0.4, -0.2) is 43.8 Å². The highest BCUT2D eigenvalue weighted by Crippen LogP contribution is 2.13. The van der Waals surface area contributed by atoms with Crippen LogP contribution in [0.5, 0.6) is 0 Å².